The molecule has 0 aliphatic rings. The molecule has 2 aromatic carbocycles. The maximum Gasteiger partial charge on any atom is 0.248 e. The SMILES string of the molecule is NC(=O)c1ccc(Nc2nc(Nc3cccc4[nH]ncc34)c3cc[nH]c3n2)cc1. The molecule has 0 atom stereocenters. The average molecular weight is 384 g/mol. The van der Waals surface area contributed by atoms with E-state index in [9.17, 15) is 4.79 Å². The number of benzene rings is 2. The van der Waals surface area contributed by atoms with E-state index in [4.69, 9.17) is 5.73 Å². The van der Waals surface area contributed by atoms with Crippen LogP contribution in [0.15, 0.2) is 60.9 Å². The number of nitrogens with zero attached hydrogens (tertiary/aromatic N) is 3. The number of rotatable bonds is 5. The summed E-state index contributed by atoms with van der Waals surface area (Å²) < 4.78 is 0. The van der Waals surface area contributed by atoms with Gasteiger partial charge in [-0.25, -0.2) is 0 Å². The van der Waals surface area contributed by atoms with E-state index in [1.54, 1.807) is 30.5 Å². The van der Waals surface area contributed by atoms with Gasteiger partial charge in [-0.3, -0.25) is 9.89 Å². The zero-order valence-corrected chi connectivity index (χ0v) is 15.1. The fourth-order valence-corrected chi connectivity index (χ4v) is 3.14. The van der Waals surface area contributed by atoms with Crippen LogP contribution >= 0.6 is 0 Å². The molecule has 0 bridgehead atoms. The van der Waals surface area contributed by atoms with Crippen molar-refractivity contribution in [2.75, 3.05) is 10.6 Å². The quantitative estimate of drug-likeness (QED) is 0.315. The van der Waals surface area contributed by atoms with Crippen LogP contribution < -0.4 is 16.4 Å². The molecule has 0 radical (unpaired) electrons. The maximum atomic E-state index is 11.2. The second-order valence-corrected chi connectivity index (χ2v) is 6.46. The van der Waals surface area contributed by atoms with Gasteiger partial charge >= 0.3 is 0 Å². The van der Waals surface area contributed by atoms with Crippen molar-refractivity contribution < 1.29 is 4.79 Å². The Morgan fingerprint density at radius 1 is 0.966 bits per heavy atom. The molecule has 0 saturated carbocycles. The number of aromatic amines is 2. The van der Waals surface area contributed by atoms with Crippen molar-refractivity contribution in [1.82, 2.24) is 25.1 Å². The highest BCUT2D eigenvalue weighted by Gasteiger charge is 2.11. The molecule has 1 amide bonds. The van der Waals surface area contributed by atoms with Gasteiger partial charge in [-0.15, -0.1) is 0 Å². The predicted octanol–water partition coefficient (Wildman–Crippen LogP) is 3.42. The van der Waals surface area contributed by atoms with Crippen molar-refractivity contribution in [3.8, 4) is 0 Å². The van der Waals surface area contributed by atoms with Crippen LogP contribution in [0.25, 0.3) is 21.9 Å². The van der Waals surface area contributed by atoms with Crippen LogP contribution in [-0.4, -0.2) is 31.1 Å². The highest BCUT2D eigenvalue weighted by atomic mass is 16.1. The Morgan fingerprint density at radius 3 is 2.66 bits per heavy atom. The third kappa shape index (κ3) is 3.10. The van der Waals surface area contributed by atoms with Crippen LogP contribution in [-0.2, 0) is 0 Å². The summed E-state index contributed by atoms with van der Waals surface area (Å²) in [7, 11) is 0. The summed E-state index contributed by atoms with van der Waals surface area (Å²) >= 11 is 0. The number of hydrogen-bond donors (Lipinski definition) is 5. The van der Waals surface area contributed by atoms with Gasteiger partial charge in [-0.05, 0) is 42.5 Å². The Kier molecular flexibility index (Phi) is 3.84. The topological polar surface area (TPSA) is 137 Å². The lowest BCUT2D eigenvalue weighted by molar-refractivity contribution is 0.100. The van der Waals surface area contributed by atoms with Crippen molar-refractivity contribution in [3.05, 3.63) is 66.5 Å². The number of carbonyl (C=O) groups excluding carboxylic acids is 1. The third-order valence-corrected chi connectivity index (χ3v) is 4.58. The van der Waals surface area contributed by atoms with Gasteiger partial charge in [0, 0.05) is 22.8 Å². The molecule has 3 aromatic heterocycles. The van der Waals surface area contributed by atoms with Gasteiger partial charge in [0.1, 0.15) is 11.5 Å². The number of amides is 1. The smallest absolute Gasteiger partial charge is 0.248 e. The fraction of sp³-hybridized carbons (Fsp3) is 0. The van der Waals surface area contributed by atoms with E-state index in [1.165, 1.54) is 0 Å². The minimum absolute atomic E-state index is 0.411. The molecule has 0 aliphatic carbocycles. The minimum atomic E-state index is -0.472. The molecule has 0 spiro atoms. The van der Waals surface area contributed by atoms with Crippen LogP contribution in [0.5, 0.6) is 0 Å². The average Bonchev–Trinajstić information content (AvgIpc) is 3.38. The molecule has 0 saturated heterocycles. The fourth-order valence-electron chi connectivity index (χ4n) is 3.14. The van der Waals surface area contributed by atoms with Gasteiger partial charge in [0.05, 0.1) is 22.8 Å². The molecular weight excluding hydrogens is 368 g/mol. The standard InChI is InChI=1S/C20H16N8O/c21-17(29)11-4-6-12(7-5-11)24-20-26-18-13(8-9-22-18)19(27-20)25-15-2-1-3-16-14(15)10-23-28-16/h1-10H,(H2,21,29)(H,23,28)(H3,22,24,25,26,27). The Morgan fingerprint density at radius 2 is 1.83 bits per heavy atom. The van der Waals surface area contributed by atoms with Crippen molar-refractivity contribution >= 4 is 51.0 Å². The van der Waals surface area contributed by atoms with Crippen LogP contribution in [0.3, 0.4) is 0 Å². The van der Waals surface area contributed by atoms with Crippen molar-refractivity contribution in [2.24, 2.45) is 5.73 Å². The van der Waals surface area contributed by atoms with E-state index in [2.05, 4.69) is 35.8 Å². The molecule has 142 valence electrons. The van der Waals surface area contributed by atoms with Crippen LogP contribution in [0.4, 0.5) is 23.1 Å². The first-order chi connectivity index (χ1) is 14.2. The van der Waals surface area contributed by atoms with Crippen molar-refractivity contribution in [3.63, 3.8) is 0 Å². The zero-order valence-electron chi connectivity index (χ0n) is 15.1. The number of aromatic nitrogens is 5. The summed E-state index contributed by atoms with van der Waals surface area (Å²) in [6.07, 6.45) is 3.58. The first-order valence-electron chi connectivity index (χ1n) is 8.88. The molecule has 5 aromatic rings. The summed E-state index contributed by atoms with van der Waals surface area (Å²) in [6, 6.07) is 14.6. The molecule has 0 fully saturated rings. The number of nitrogens with one attached hydrogen (secondary N) is 4. The van der Waals surface area contributed by atoms with E-state index < -0.39 is 5.91 Å². The number of fused-ring (bicyclic) bond motifs is 2. The maximum absolute atomic E-state index is 11.2. The monoisotopic (exact) mass is 384 g/mol. The molecule has 6 N–H and O–H groups in total. The summed E-state index contributed by atoms with van der Waals surface area (Å²) in [5.41, 5.74) is 8.97. The van der Waals surface area contributed by atoms with Gasteiger partial charge in [0.2, 0.25) is 11.9 Å². The van der Waals surface area contributed by atoms with E-state index in [0.717, 1.165) is 27.7 Å². The summed E-state index contributed by atoms with van der Waals surface area (Å²) in [5.74, 6) is 0.593. The molecular formula is C20H16N8O. The second kappa shape index (κ2) is 6.64. The first-order valence-corrected chi connectivity index (χ1v) is 8.88. The Balaban J connectivity index is 1.51. The number of carbonyl (C=O) groups is 1. The molecule has 0 aliphatic heterocycles. The van der Waals surface area contributed by atoms with E-state index >= 15 is 0 Å². The van der Waals surface area contributed by atoms with E-state index in [-0.39, 0.29) is 0 Å². The lowest BCUT2D eigenvalue weighted by Gasteiger charge is -2.11. The van der Waals surface area contributed by atoms with Gasteiger partial charge in [0.15, 0.2) is 0 Å². The van der Waals surface area contributed by atoms with E-state index in [1.807, 2.05) is 30.5 Å². The number of anilines is 4. The van der Waals surface area contributed by atoms with Crippen molar-refractivity contribution in [2.45, 2.75) is 0 Å². The Hall–Kier alpha value is -4.40. The van der Waals surface area contributed by atoms with E-state index in [0.29, 0.717) is 23.0 Å². The molecule has 5 rings (SSSR count). The largest absolute Gasteiger partial charge is 0.366 e. The second-order valence-electron chi connectivity index (χ2n) is 6.46. The lowest BCUT2D eigenvalue weighted by Crippen LogP contribution is -2.10. The van der Waals surface area contributed by atoms with Gasteiger partial charge < -0.3 is 21.4 Å². The summed E-state index contributed by atoms with van der Waals surface area (Å²) in [6.45, 7) is 0. The third-order valence-electron chi connectivity index (χ3n) is 4.58. The van der Waals surface area contributed by atoms with Crippen molar-refractivity contribution in [1.29, 1.82) is 0 Å². The molecule has 9 heteroatoms. The molecule has 3 heterocycles. The molecule has 9 nitrogen and oxygen atoms in total. The Bertz CT molecular complexity index is 1340. The predicted molar refractivity (Wildman–Crippen MR) is 112 cm³/mol. The normalized spacial score (nSPS) is 11.0. The van der Waals surface area contributed by atoms with Crippen LogP contribution in [0.1, 0.15) is 10.4 Å². The highest BCUT2D eigenvalue weighted by Crippen LogP contribution is 2.29. The first kappa shape index (κ1) is 16.8. The zero-order chi connectivity index (χ0) is 19.8. The van der Waals surface area contributed by atoms with Gasteiger partial charge in [-0.2, -0.15) is 15.1 Å². The van der Waals surface area contributed by atoms with Crippen LogP contribution in [0, 0.1) is 0 Å². The van der Waals surface area contributed by atoms with Gasteiger partial charge in [-0.1, -0.05) is 6.07 Å². The summed E-state index contributed by atoms with van der Waals surface area (Å²) in [5, 5.41) is 15.4. The molecule has 0 unspecified atom stereocenters. The minimum Gasteiger partial charge on any atom is -0.366 e. The van der Waals surface area contributed by atoms with Gasteiger partial charge in [0.25, 0.3) is 0 Å². The number of H-pyrrole nitrogens is 2. The lowest BCUT2D eigenvalue weighted by atomic mass is 10.2. The molecule has 29 heavy (non-hydrogen) atoms. The Labute approximate surface area is 164 Å². The highest BCUT2D eigenvalue weighted by molar-refractivity contribution is 5.97. The summed E-state index contributed by atoms with van der Waals surface area (Å²) in [4.78, 5) is 23.5. The number of nitrogens with two attached hydrogens (primary N) is 1. The van der Waals surface area contributed by atoms with Crippen LogP contribution in [0.2, 0.25) is 0 Å². The number of hydrogen-bond acceptors (Lipinski definition) is 6. The number of primary amides is 1.